The summed E-state index contributed by atoms with van der Waals surface area (Å²) >= 11 is 5.08. The second-order valence-electron chi connectivity index (χ2n) is 5.95. The molecule has 0 aliphatic carbocycles. The fourth-order valence-corrected chi connectivity index (χ4v) is 3.03. The smallest absolute Gasteiger partial charge is 0.434 e. The molecule has 0 spiro atoms. The third-order valence-electron chi connectivity index (χ3n) is 4.12. The monoisotopic (exact) mass is 442 g/mol. The molecule has 0 aliphatic heterocycles. The fraction of sp³-hybridized carbons (Fsp3) is 0.375. The summed E-state index contributed by atoms with van der Waals surface area (Å²) in [7, 11) is 1.35. The summed E-state index contributed by atoms with van der Waals surface area (Å²) < 4.78 is 48.6. The third kappa shape index (κ3) is 4.32. The van der Waals surface area contributed by atoms with Gasteiger partial charge in [0.15, 0.2) is 16.3 Å². The van der Waals surface area contributed by atoms with Crippen LogP contribution < -0.4 is 10.1 Å². The van der Waals surface area contributed by atoms with Gasteiger partial charge in [0.05, 0.1) is 18.9 Å². The molecule has 10 nitrogen and oxygen atoms in total. The number of methoxy groups -OCH3 is 1. The molecule has 1 amide bonds. The van der Waals surface area contributed by atoms with Gasteiger partial charge < -0.3 is 14.6 Å². The first-order valence-electron chi connectivity index (χ1n) is 8.71. The Kier molecular flexibility index (Phi) is 6.14. The van der Waals surface area contributed by atoms with Gasteiger partial charge in [-0.15, -0.1) is 10.2 Å². The average molecular weight is 442 g/mol. The Labute approximate surface area is 173 Å². The van der Waals surface area contributed by atoms with Crippen LogP contribution in [0, 0.1) is 4.77 Å². The van der Waals surface area contributed by atoms with Crippen LogP contribution in [0.3, 0.4) is 0 Å². The maximum Gasteiger partial charge on any atom is 0.434 e. The average Bonchev–Trinajstić information content (AvgIpc) is 3.31. The first-order valence-corrected chi connectivity index (χ1v) is 9.12. The Balaban J connectivity index is 1.81. The van der Waals surface area contributed by atoms with Gasteiger partial charge in [0.25, 0.3) is 5.91 Å². The summed E-state index contributed by atoms with van der Waals surface area (Å²) in [5, 5.41) is 20.1. The zero-order chi connectivity index (χ0) is 21.9. The van der Waals surface area contributed by atoms with Gasteiger partial charge in [-0.2, -0.15) is 23.4 Å². The molecule has 14 heteroatoms. The Bertz CT molecular complexity index is 1090. The van der Waals surface area contributed by atoms with Crippen molar-refractivity contribution in [3.05, 3.63) is 40.2 Å². The Morgan fingerprint density at radius 1 is 1.33 bits per heavy atom. The maximum atomic E-state index is 13.7. The molecule has 0 fully saturated rings. The number of nitrogens with zero attached hydrogens (tertiary/aromatic N) is 6. The van der Waals surface area contributed by atoms with Crippen molar-refractivity contribution < 1.29 is 22.7 Å². The second kappa shape index (κ2) is 8.61. The molecule has 3 aromatic rings. The van der Waals surface area contributed by atoms with Crippen LogP contribution in [0.25, 0.3) is 5.82 Å². The number of ether oxygens (including phenoxy) is 1. The van der Waals surface area contributed by atoms with Crippen LogP contribution in [0.1, 0.15) is 28.8 Å². The third-order valence-corrected chi connectivity index (χ3v) is 4.43. The fourth-order valence-electron chi connectivity index (χ4n) is 2.75. The molecule has 2 N–H and O–H groups in total. The molecular formula is C16H17F3N8O2S. The van der Waals surface area contributed by atoms with Crippen LogP contribution in [-0.4, -0.2) is 54.3 Å². The van der Waals surface area contributed by atoms with E-state index in [1.807, 2.05) is 6.92 Å². The van der Waals surface area contributed by atoms with Crippen LogP contribution in [0.4, 0.5) is 13.2 Å². The molecule has 0 bridgehead atoms. The van der Waals surface area contributed by atoms with E-state index in [4.69, 9.17) is 17.0 Å². The van der Waals surface area contributed by atoms with E-state index >= 15 is 0 Å². The molecule has 0 saturated carbocycles. The van der Waals surface area contributed by atoms with Crippen LogP contribution in [-0.2, 0) is 19.1 Å². The van der Waals surface area contributed by atoms with Gasteiger partial charge in [0.2, 0.25) is 5.88 Å². The van der Waals surface area contributed by atoms with Gasteiger partial charge in [0, 0.05) is 25.6 Å². The van der Waals surface area contributed by atoms with Crippen molar-refractivity contribution in [1.82, 2.24) is 40.1 Å². The number of amides is 1. The van der Waals surface area contributed by atoms with Gasteiger partial charge in [-0.1, -0.05) is 0 Å². The number of rotatable bonds is 7. The number of nitrogens with one attached hydrogen (secondary N) is 2. The lowest BCUT2D eigenvalue weighted by atomic mass is 10.2. The van der Waals surface area contributed by atoms with Gasteiger partial charge in [-0.25, -0.2) is 4.68 Å². The second-order valence-corrected chi connectivity index (χ2v) is 6.33. The molecule has 3 aromatic heterocycles. The molecule has 0 saturated heterocycles. The maximum absolute atomic E-state index is 13.7. The molecule has 0 atom stereocenters. The topological polar surface area (TPSA) is 116 Å². The summed E-state index contributed by atoms with van der Waals surface area (Å²) in [6, 6.07) is 2.59. The van der Waals surface area contributed by atoms with Gasteiger partial charge in [0.1, 0.15) is 5.82 Å². The van der Waals surface area contributed by atoms with Crippen LogP contribution >= 0.6 is 12.2 Å². The first-order chi connectivity index (χ1) is 14.3. The highest BCUT2D eigenvalue weighted by atomic mass is 32.1. The molecular weight excluding hydrogens is 425 g/mol. The van der Waals surface area contributed by atoms with Crippen molar-refractivity contribution in [3.8, 4) is 11.7 Å². The van der Waals surface area contributed by atoms with Gasteiger partial charge >= 0.3 is 6.18 Å². The number of hydrogen-bond donors (Lipinski definition) is 2. The lowest BCUT2D eigenvalue weighted by molar-refractivity contribution is -0.143. The van der Waals surface area contributed by atoms with E-state index in [1.54, 1.807) is 4.57 Å². The van der Waals surface area contributed by atoms with Crippen molar-refractivity contribution in [1.29, 1.82) is 0 Å². The van der Waals surface area contributed by atoms with Gasteiger partial charge in [-0.05, 0) is 25.2 Å². The minimum Gasteiger partial charge on any atom is -0.480 e. The van der Waals surface area contributed by atoms with E-state index in [0.717, 1.165) is 6.20 Å². The number of halogens is 3. The summed E-state index contributed by atoms with van der Waals surface area (Å²) in [6.07, 6.45) is -3.73. The van der Waals surface area contributed by atoms with Gasteiger partial charge in [-0.3, -0.25) is 9.89 Å². The predicted molar refractivity (Wildman–Crippen MR) is 99.8 cm³/mol. The highest BCUT2D eigenvalue weighted by molar-refractivity contribution is 7.71. The number of alkyl halides is 3. The highest BCUT2D eigenvalue weighted by Crippen LogP contribution is 2.33. The van der Waals surface area contributed by atoms with E-state index in [-0.39, 0.29) is 24.7 Å². The zero-order valence-electron chi connectivity index (χ0n) is 15.9. The summed E-state index contributed by atoms with van der Waals surface area (Å²) in [5.41, 5.74) is -1.88. The minimum absolute atomic E-state index is 0.0588. The molecule has 30 heavy (non-hydrogen) atoms. The van der Waals surface area contributed by atoms with E-state index < -0.39 is 23.3 Å². The molecule has 3 heterocycles. The number of aromatic amines is 1. The standard InChI is InChI=1S/C16H17F3N8O2S/c1-3-26-10(22-25-15(26)30)6-7-20-14(28)9-8-21-27(13(9)16(17,18)19)11-4-5-12(29-2)24-23-11/h4-5,8H,3,6-7H2,1-2H3,(H,20,28)(H,25,30). The van der Waals surface area contributed by atoms with E-state index in [1.165, 1.54) is 19.2 Å². The largest absolute Gasteiger partial charge is 0.480 e. The first kappa shape index (κ1) is 21.4. The van der Waals surface area contributed by atoms with Crippen LogP contribution in [0.2, 0.25) is 0 Å². The normalized spacial score (nSPS) is 11.5. The summed E-state index contributed by atoms with van der Waals surface area (Å²) in [6.45, 7) is 2.51. The van der Waals surface area contributed by atoms with Crippen molar-refractivity contribution in [2.75, 3.05) is 13.7 Å². The zero-order valence-corrected chi connectivity index (χ0v) is 16.7. The van der Waals surface area contributed by atoms with Crippen molar-refractivity contribution >= 4 is 18.1 Å². The van der Waals surface area contributed by atoms with Crippen molar-refractivity contribution in [2.24, 2.45) is 0 Å². The summed E-state index contributed by atoms with van der Waals surface area (Å²) in [5.74, 6) is -0.418. The molecule has 160 valence electrons. The highest BCUT2D eigenvalue weighted by Gasteiger charge is 2.41. The Hall–Kier alpha value is -3.29. The number of H-pyrrole nitrogens is 1. The molecule has 0 radical (unpaired) electrons. The number of carbonyl (C=O) groups is 1. The van der Waals surface area contributed by atoms with E-state index in [0.29, 0.717) is 21.8 Å². The SMILES string of the molecule is CCn1c(CCNC(=O)c2cnn(-c3ccc(OC)nn3)c2C(F)(F)F)n[nH]c1=S. The van der Waals surface area contributed by atoms with E-state index in [2.05, 4.69) is 30.8 Å². The number of aromatic nitrogens is 7. The predicted octanol–water partition coefficient (Wildman–Crippen LogP) is 1.94. The molecule has 3 rings (SSSR count). The Morgan fingerprint density at radius 2 is 2.10 bits per heavy atom. The van der Waals surface area contributed by atoms with Crippen molar-refractivity contribution in [3.63, 3.8) is 0 Å². The van der Waals surface area contributed by atoms with Crippen molar-refractivity contribution in [2.45, 2.75) is 26.1 Å². The molecule has 0 aliphatic rings. The lowest BCUT2D eigenvalue weighted by Gasteiger charge is -2.12. The Morgan fingerprint density at radius 3 is 2.70 bits per heavy atom. The number of hydrogen-bond acceptors (Lipinski definition) is 7. The summed E-state index contributed by atoms with van der Waals surface area (Å²) in [4.78, 5) is 12.4. The molecule has 0 aromatic carbocycles. The van der Waals surface area contributed by atoms with E-state index in [9.17, 15) is 18.0 Å². The quantitative estimate of drug-likeness (QED) is 0.537. The lowest BCUT2D eigenvalue weighted by Crippen LogP contribution is -2.29. The van der Waals surface area contributed by atoms with Crippen LogP contribution in [0.5, 0.6) is 5.88 Å². The number of carbonyl (C=O) groups excluding carboxylic acids is 1. The molecule has 0 unspecified atom stereocenters. The minimum atomic E-state index is -4.85. The van der Waals surface area contributed by atoms with Crippen LogP contribution in [0.15, 0.2) is 18.3 Å².